The molecule has 0 N–H and O–H groups in total. The molecule has 0 aromatic heterocycles. The number of amides is 2. The van der Waals surface area contributed by atoms with Crippen molar-refractivity contribution in [3.8, 4) is 0 Å². The lowest BCUT2D eigenvalue weighted by molar-refractivity contribution is 0.253. The number of hydrogen-bond donors (Lipinski definition) is 0. The van der Waals surface area contributed by atoms with Gasteiger partial charge in [0.2, 0.25) is 0 Å². The van der Waals surface area contributed by atoms with Gasteiger partial charge in [-0.2, -0.15) is 4.31 Å². The van der Waals surface area contributed by atoms with Crippen molar-refractivity contribution in [2.24, 2.45) is 0 Å². The fourth-order valence-corrected chi connectivity index (χ4v) is 4.86. The molecule has 3 aromatic rings. The number of anilines is 2. The molecule has 0 saturated heterocycles. The van der Waals surface area contributed by atoms with Gasteiger partial charge in [-0.3, -0.25) is 4.90 Å². The van der Waals surface area contributed by atoms with Crippen molar-refractivity contribution >= 4 is 39.0 Å². The van der Waals surface area contributed by atoms with Crippen LogP contribution in [0.15, 0.2) is 83.8 Å². The van der Waals surface area contributed by atoms with Crippen LogP contribution < -0.4 is 9.21 Å². The van der Waals surface area contributed by atoms with Crippen LogP contribution in [0.5, 0.6) is 0 Å². The molecule has 0 saturated carbocycles. The molecule has 0 aliphatic carbocycles. The van der Waals surface area contributed by atoms with E-state index in [4.69, 9.17) is 11.6 Å². The lowest BCUT2D eigenvalue weighted by atomic mass is 10.2. The number of fused-ring (bicyclic) bond motifs is 1. The molecule has 27 heavy (non-hydrogen) atoms. The maximum atomic E-state index is 13.2. The first kappa shape index (κ1) is 17.6. The number of hydrogen-bond acceptors (Lipinski definition) is 3. The standard InChI is InChI=1S/C20H15ClN2O3S/c21-17-11-5-4-8-15(17)14-22-18-12-6-7-13-19(18)27(25,26)23(20(22)24)16-9-2-1-3-10-16/h1-13H,14H2. The zero-order chi connectivity index (χ0) is 19.0. The molecule has 1 aliphatic heterocycles. The third-order valence-corrected chi connectivity index (χ3v) is 6.47. The summed E-state index contributed by atoms with van der Waals surface area (Å²) in [5.74, 6) is 0. The highest BCUT2D eigenvalue weighted by atomic mass is 35.5. The van der Waals surface area contributed by atoms with E-state index in [-0.39, 0.29) is 11.4 Å². The van der Waals surface area contributed by atoms with E-state index in [1.54, 1.807) is 60.7 Å². The molecule has 5 nitrogen and oxygen atoms in total. The highest BCUT2D eigenvalue weighted by Crippen LogP contribution is 2.38. The van der Waals surface area contributed by atoms with Gasteiger partial charge < -0.3 is 0 Å². The van der Waals surface area contributed by atoms with Crippen LogP contribution >= 0.6 is 11.6 Å². The Morgan fingerprint density at radius 2 is 1.44 bits per heavy atom. The summed E-state index contributed by atoms with van der Waals surface area (Å²) in [6.07, 6.45) is 0. The Hall–Kier alpha value is -2.83. The number of halogens is 1. The fraction of sp³-hybridized carbons (Fsp3) is 0.0500. The summed E-state index contributed by atoms with van der Waals surface area (Å²) in [6.45, 7) is 0.161. The van der Waals surface area contributed by atoms with Gasteiger partial charge in [0.15, 0.2) is 0 Å². The highest BCUT2D eigenvalue weighted by Gasteiger charge is 2.42. The van der Waals surface area contributed by atoms with E-state index >= 15 is 0 Å². The van der Waals surface area contributed by atoms with Gasteiger partial charge in [0.1, 0.15) is 4.90 Å². The number of benzene rings is 3. The minimum Gasteiger partial charge on any atom is -0.287 e. The van der Waals surface area contributed by atoms with Gasteiger partial charge in [0.05, 0.1) is 17.9 Å². The first-order valence-corrected chi connectivity index (χ1v) is 10.1. The average Bonchev–Trinajstić information content (AvgIpc) is 2.67. The zero-order valence-corrected chi connectivity index (χ0v) is 15.7. The molecule has 0 spiro atoms. The second-order valence-electron chi connectivity index (χ2n) is 6.03. The second kappa shape index (κ2) is 6.72. The summed E-state index contributed by atoms with van der Waals surface area (Å²) in [4.78, 5) is 14.8. The topological polar surface area (TPSA) is 57.7 Å². The molecular formula is C20H15ClN2O3S. The predicted octanol–water partition coefficient (Wildman–Crippen LogP) is 4.68. The molecule has 2 amide bonds. The van der Waals surface area contributed by atoms with E-state index in [0.717, 1.165) is 9.87 Å². The van der Waals surface area contributed by atoms with Crippen molar-refractivity contribution in [2.45, 2.75) is 11.4 Å². The minimum atomic E-state index is -4.01. The monoisotopic (exact) mass is 398 g/mol. The van der Waals surface area contributed by atoms with Gasteiger partial charge in [0, 0.05) is 5.02 Å². The lowest BCUT2D eigenvalue weighted by Crippen LogP contribution is -2.50. The lowest BCUT2D eigenvalue weighted by Gasteiger charge is -2.36. The van der Waals surface area contributed by atoms with Crippen molar-refractivity contribution in [3.63, 3.8) is 0 Å². The van der Waals surface area contributed by atoms with Crippen LogP contribution in [-0.2, 0) is 16.6 Å². The average molecular weight is 399 g/mol. The van der Waals surface area contributed by atoms with Gasteiger partial charge in [-0.25, -0.2) is 13.2 Å². The maximum absolute atomic E-state index is 13.2. The summed E-state index contributed by atoms with van der Waals surface area (Å²) >= 11 is 6.26. The molecule has 7 heteroatoms. The Labute approximate surface area is 162 Å². The van der Waals surface area contributed by atoms with Crippen molar-refractivity contribution in [3.05, 3.63) is 89.4 Å². The van der Waals surface area contributed by atoms with Gasteiger partial charge in [-0.05, 0) is 35.9 Å². The molecule has 0 atom stereocenters. The third-order valence-electron chi connectivity index (χ3n) is 4.36. The maximum Gasteiger partial charge on any atom is 0.343 e. The zero-order valence-electron chi connectivity index (χ0n) is 14.1. The quantitative estimate of drug-likeness (QED) is 0.643. The first-order valence-electron chi connectivity index (χ1n) is 8.24. The van der Waals surface area contributed by atoms with Crippen molar-refractivity contribution in [1.29, 1.82) is 0 Å². The highest BCUT2D eigenvalue weighted by molar-refractivity contribution is 7.94. The Bertz CT molecular complexity index is 1120. The fourth-order valence-electron chi connectivity index (χ4n) is 3.07. The number of nitrogens with zero attached hydrogens (tertiary/aromatic N) is 2. The summed E-state index contributed by atoms with van der Waals surface area (Å²) in [7, 11) is -4.01. The molecule has 3 aromatic carbocycles. The number of carbonyl (C=O) groups excluding carboxylic acids is 1. The number of carbonyl (C=O) groups is 1. The second-order valence-corrected chi connectivity index (χ2v) is 8.20. The number of urea groups is 1. The van der Waals surface area contributed by atoms with Crippen LogP contribution in [0.2, 0.25) is 5.02 Å². The summed E-state index contributed by atoms with van der Waals surface area (Å²) in [5.41, 5.74) is 1.37. The summed E-state index contributed by atoms with van der Waals surface area (Å²) in [5, 5.41) is 0.516. The predicted molar refractivity (Wildman–Crippen MR) is 106 cm³/mol. The van der Waals surface area contributed by atoms with Crippen LogP contribution in [-0.4, -0.2) is 14.4 Å². The van der Waals surface area contributed by atoms with Gasteiger partial charge >= 0.3 is 6.03 Å². The van der Waals surface area contributed by atoms with Crippen LogP contribution in [0, 0.1) is 0 Å². The van der Waals surface area contributed by atoms with Crippen molar-refractivity contribution < 1.29 is 13.2 Å². The molecule has 0 radical (unpaired) electrons. The molecule has 4 rings (SSSR count). The molecule has 1 heterocycles. The van der Waals surface area contributed by atoms with E-state index in [1.807, 2.05) is 12.1 Å². The molecule has 0 bridgehead atoms. The first-order chi connectivity index (χ1) is 13.0. The number of rotatable bonds is 3. The van der Waals surface area contributed by atoms with Crippen molar-refractivity contribution in [2.75, 3.05) is 9.21 Å². The molecule has 0 fully saturated rings. The minimum absolute atomic E-state index is 0.0838. The summed E-state index contributed by atoms with van der Waals surface area (Å²) < 4.78 is 27.1. The van der Waals surface area contributed by atoms with Crippen LogP contribution in [0.1, 0.15) is 5.56 Å². The Kier molecular flexibility index (Phi) is 4.37. The normalized spacial score (nSPS) is 15.5. The SMILES string of the molecule is O=C1N(Cc2ccccc2Cl)c2ccccc2S(=O)(=O)N1c1ccccc1. The molecular weight excluding hydrogens is 384 g/mol. The van der Waals surface area contributed by atoms with Gasteiger partial charge in [0.25, 0.3) is 10.0 Å². The largest absolute Gasteiger partial charge is 0.343 e. The van der Waals surface area contributed by atoms with Gasteiger partial charge in [-0.15, -0.1) is 0 Å². The Balaban J connectivity index is 1.89. The van der Waals surface area contributed by atoms with Crippen molar-refractivity contribution in [1.82, 2.24) is 0 Å². The van der Waals surface area contributed by atoms with E-state index < -0.39 is 16.1 Å². The molecule has 0 unspecified atom stereocenters. The number of sulfonamides is 1. The summed E-state index contributed by atoms with van der Waals surface area (Å²) in [6, 6.07) is 21.4. The smallest absolute Gasteiger partial charge is 0.287 e. The van der Waals surface area contributed by atoms with E-state index in [9.17, 15) is 13.2 Å². The van der Waals surface area contributed by atoms with E-state index in [1.165, 1.54) is 11.0 Å². The van der Waals surface area contributed by atoms with Gasteiger partial charge in [-0.1, -0.05) is 60.1 Å². The molecule has 136 valence electrons. The van der Waals surface area contributed by atoms with Crippen LogP contribution in [0.3, 0.4) is 0 Å². The number of para-hydroxylation sites is 2. The molecule has 1 aliphatic rings. The van der Waals surface area contributed by atoms with Crippen LogP contribution in [0.4, 0.5) is 16.2 Å². The van der Waals surface area contributed by atoms with Crippen LogP contribution in [0.25, 0.3) is 0 Å². The Morgan fingerprint density at radius 3 is 2.19 bits per heavy atom. The Morgan fingerprint density at radius 1 is 0.815 bits per heavy atom. The van der Waals surface area contributed by atoms with E-state index in [0.29, 0.717) is 16.4 Å². The third kappa shape index (κ3) is 2.97. The van der Waals surface area contributed by atoms with E-state index in [2.05, 4.69) is 0 Å².